The van der Waals surface area contributed by atoms with Crippen molar-refractivity contribution >= 4 is 28.5 Å². The van der Waals surface area contributed by atoms with E-state index < -0.39 is 5.60 Å². The summed E-state index contributed by atoms with van der Waals surface area (Å²) in [7, 11) is 0. The van der Waals surface area contributed by atoms with Crippen LogP contribution in [-0.4, -0.2) is 65.9 Å². The van der Waals surface area contributed by atoms with Crippen LogP contribution in [0, 0.1) is 5.92 Å². The quantitative estimate of drug-likeness (QED) is 0.504. The average molecular weight is 517 g/mol. The van der Waals surface area contributed by atoms with E-state index in [9.17, 15) is 9.59 Å². The highest BCUT2D eigenvalue weighted by Gasteiger charge is 2.32. The lowest BCUT2D eigenvalue weighted by Gasteiger charge is -2.24. The first-order chi connectivity index (χ1) is 17.0. The number of rotatable bonds is 8. The Labute approximate surface area is 216 Å². The highest BCUT2D eigenvalue weighted by Crippen LogP contribution is 2.41. The van der Waals surface area contributed by atoms with Gasteiger partial charge in [0.05, 0.1) is 12.7 Å². The molecule has 0 spiro atoms. The van der Waals surface area contributed by atoms with E-state index in [4.69, 9.17) is 14.2 Å². The number of benzene rings is 1. The molecule has 0 radical (unpaired) electrons. The van der Waals surface area contributed by atoms with E-state index in [1.165, 1.54) is 11.3 Å². The number of nitrogens with zero attached hydrogens (tertiary/aromatic N) is 2. The molecule has 2 N–H and O–H groups in total. The first-order valence-corrected chi connectivity index (χ1v) is 13.2. The first kappa shape index (κ1) is 26.1. The second-order valence-corrected chi connectivity index (χ2v) is 11.9. The van der Waals surface area contributed by atoms with Crippen LogP contribution in [0.1, 0.15) is 56.3 Å². The molecule has 1 aromatic carbocycles. The zero-order valence-corrected chi connectivity index (χ0v) is 22.5. The minimum Gasteiger partial charge on any atom is -0.488 e. The van der Waals surface area contributed by atoms with Crippen molar-refractivity contribution < 1.29 is 23.8 Å². The number of carbonyl (C=O) groups is 2. The number of hydrogen-bond donors (Lipinski definition) is 2. The number of hydrogen-bond acceptors (Lipinski definition) is 8. The molecule has 1 fully saturated rings. The third kappa shape index (κ3) is 6.81. The van der Waals surface area contributed by atoms with Gasteiger partial charge in [-0.05, 0) is 53.0 Å². The number of amides is 2. The number of likely N-dealkylation sites (tertiary alicyclic amines) is 1. The molecule has 1 saturated heterocycles. The van der Waals surface area contributed by atoms with Crippen molar-refractivity contribution in [3.63, 3.8) is 0 Å². The molecule has 1 atom stereocenters. The van der Waals surface area contributed by atoms with Gasteiger partial charge in [-0.1, -0.05) is 23.5 Å². The van der Waals surface area contributed by atoms with E-state index in [1.54, 1.807) is 11.1 Å². The van der Waals surface area contributed by atoms with E-state index in [0.29, 0.717) is 42.8 Å². The Morgan fingerprint density at radius 3 is 2.89 bits per heavy atom. The predicted octanol–water partition coefficient (Wildman–Crippen LogP) is 4.33. The number of anilines is 1. The molecule has 10 heteroatoms. The molecule has 0 saturated carbocycles. The summed E-state index contributed by atoms with van der Waals surface area (Å²) in [6.45, 7) is 12.4. The summed E-state index contributed by atoms with van der Waals surface area (Å²) in [5.74, 6) is 1.62. The Kier molecular flexibility index (Phi) is 7.63. The van der Waals surface area contributed by atoms with Gasteiger partial charge >= 0.3 is 6.09 Å². The third-order valence-corrected chi connectivity index (χ3v) is 6.86. The maximum atomic E-state index is 12.6. The molecule has 3 heterocycles. The van der Waals surface area contributed by atoms with Gasteiger partial charge in [0, 0.05) is 31.6 Å². The van der Waals surface area contributed by atoms with Crippen molar-refractivity contribution in [1.82, 2.24) is 15.2 Å². The van der Waals surface area contributed by atoms with E-state index in [2.05, 4.69) is 35.5 Å². The summed E-state index contributed by atoms with van der Waals surface area (Å²) < 4.78 is 17.4. The third-order valence-electron chi connectivity index (χ3n) is 5.91. The molecule has 1 unspecified atom stereocenters. The number of fused-ring (bicyclic) bond motifs is 1. The molecule has 36 heavy (non-hydrogen) atoms. The molecule has 196 valence electrons. The second kappa shape index (κ2) is 10.5. The van der Waals surface area contributed by atoms with E-state index in [0.717, 1.165) is 29.9 Å². The van der Waals surface area contributed by atoms with Crippen LogP contribution in [0.25, 0.3) is 0 Å². The lowest BCUT2D eigenvalue weighted by molar-refractivity contribution is 0.0288. The fraction of sp³-hybridized carbons (Fsp3) is 0.577. The van der Waals surface area contributed by atoms with Gasteiger partial charge in [0.1, 0.15) is 22.7 Å². The minimum atomic E-state index is -0.513. The van der Waals surface area contributed by atoms with Crippen LogP contribution < -0.4 is 20.1 Å². The Morgan fingerprint density at radius 1 is 1.31 bits per heavy atom. The fourth-order valence-electron chi connectivity index (χ4n) is 4.30. The molecule has 0 aliphatic carbocycles. The Hall–Kier alpha value is -3.01. The number of aromatic nitrogens is 1. The lowest BCUT2D eigenvalue weighted by atomic mass is 10.0. The molecule has 2 aliphatic rings. The normalized spacial score (nSPS) is 18.4. The Balaban J connectivity index is 1.17. The molecule has 1 aromatic heterocycles. The van der Waals surface area contributed by atoms with Gasteiger partial charge in [-0.25, -0.2) is 9.78 Å². The Morgan fingerprint density at radius 2 is 2.11 bits per heavy atom. The zero-order chi connectivity index (χ0) is 25.9. The van der Waals surface area contributed by atoms with Gasteiger partial charge < -0.3 is 29.7 Å². The molecular formula is C26H36N4O5S. The van der Waals surface area contributed by atoms with Crippen LogP contribution in [0.15, 0.2) is 24.4 Å². The van der Waals surface area contributed by atoms with Crippen molar-refractivity contribution in [2.24, 2.45) is 5.92 Å². The van der Waals surface area contributed by atoms with Gasteiger partial charge in [-0.2, -0.15) is 0 Å². The topological polar surface area (TPSA) is 102 Å². The summed E-state index contributed by atoms with van der Waals surface area (Å²) in [5.41, 5.74) is 0.435. The summed E-state index contributed by atoms with van der Waals surface area (Å²) in [6, 6.07) is 5.98. The van der Waals surface area contributed by atoms with Crippen LogP contribution in [0.5, 0.6) is 11.5 Å². The monoisotopic (exact) mass is 516 g/mol. The fourth-order valence-corrected chi connectivity index (χ4v) is 5.05. The van der Waals surface area contributed by atoms with Gasteiger partial charge in [0.2, 0.25) is 0 Å². The Bertz CT molecular complexity index is 1090. The molecular weight excluding hydrogens is 480 g/mol. The summed E-state index contributed by atoms with van der Waals surface area (Å²) in [6.07, 6.45) is 2.98. The molecule has 9 nitrogen and oxygen atoms in total. The predicted molar refractivity (Wildman–Crippen MR) is 139 cm³/mol. The van der Waals surface area contributed by atoms with E-state index >= 15 is 0 Å². The molecule has 2 amide bonds. The molecule has 0 bridgehead atoms. The van der Waals surface area contributed by atoms with Gasteiger partial charge in [0.25, 0.3) is 5.91 Å². The zero-order valence-electron chi connectivity index (χ0n) is 21.7. The molecule has 4 rings (SSSR count). The van der Waals surface area contributed by atoms with E-state index in [1.807, 2.05) is 32.9 Å². The van der Waals surface area contributed by atoms with Crippen LogP contribution in [-0.2, 0) is 11.2 Å². The maximum Gasteiger partial charge on any atom is 0.410 e. The highest BCUT2D eigenvalue weighted by molar-refractivity contribution is 7.17. The number of thiazole rings is 1. The minimum absolute atomic E-state index is 0.160. The summed E-state index contributed by atoms with van der Waals surface area (Å²) in [5, 5.41) is 6.84. The number of carbonyl (C=O) groups excluding carboxylic acids is 2. The van der Waals surface area contributed by atoms with Crippen molar-refractivity contribution in [3.8, 4) is 11.5 Å². The van der Waals surface area contributed by atoms with Gasteiger partial charge in [0.15, 0.2) is 16.6 Å². The van der Waals surface area contributed by atoms with Crippen LogP contribution in [0.3, 0.4) is 0 Å². The maximum absolute atomic E-state index is 12.6. The number of para-hydroxylation sites is 1. The van der Waals surface area contributed by atoms with Gasteiger partial charge in [-0.15, -0.1) is 0 Å². The van der Waals surface area contributed by atoms with Crippen molar-refractivity contribution in [3.05, 3.63) is 34.8 Å². The summed E-state index contributed by atoms with van der Waals surface area (Å²) >= 11 is 1.30. The van der Waals surface area contributed by atoms with Crippen LogP contribution in [0.2, 0.25) is 0 Å². The first-order valence-electron chi connectivity index (χ1n) is 12.4. The summed E-state index contributed by atoms with van der Waals surface area (Å²) in [4.78, 5) is 31.3. The van der Waals surface area contributed by atoms with E-state index in [-0.39, 0.29) is 23.5 Å². The largest absolute Gasteiger partial charge is 0.488 e. The molecule has 2 aliphatic heterocycles. The van der Waals surface area contributed by atoms with Crippen molar-refractivity contribution in [2.45, 2.75) is 58.7 Å². The average Bonchev–Trinajstić information content (AvgIpc) is 3.51. The number of nitrogens with one attached hydrogen (secondary N) is 2. The molecule has 2 aromatic rings. The second-order valence-electron chi connectivity index (χ2n) is 10.9. The number of ether oxygens (including phenoxy) is 3. The highest BCUT2D eigenvalue weighted by atomic mass is 32.1. The van der Waals surface area contributed by atoms with Gasteiger partial charge in [-0.3, -0.25) is 4.79 Å². The lowest BCUT2D eigenvalue weighted by Crippen LogP contribution is -2.36. The standard InChI is InChI=1S/C26H36N4O5S/c1-25(2,3)35-24(32)30-11-9-17(16-30)14-28-22(31)20-15-29-23(36-20)27-10-12-33-19-8-6-7-18-13-26(4,5)34-21(18)19/h6-8,15,17H,9-14,16H2,1-5H3,(H,27,29)(H,28,31). The van der Waals surface area contributed by atoms with Crippen LogP contribution in [0.4, 0.5) is 9.93 Å². The van der Waals surface area contributed by atoms with Crippen molar-refractivity contribution in [1.29, 1.82) is 0 Å². The smallest absolute Gasteiger partial charge is 0.410 e. The van der Waals surface area contributed by atoms with Crippen molar-refractivity contribution in [2.75, 3.05) is 38.1 Å². The van der Waals surface area contributed by atoms with Crippen LogP contribution >= 0.6 is 11.3 Å². The SMILES string of the molecule is CC(C)(C)OC(=O)N1CCC(CNC(=O)c2cnc(NCCOc3cccc4c3OC(C)(C)C4)s2)C1.